The first-order chi connectivity index (χ1) is 8.88. The van der Waals surface area contributed by atoms with Crippen molar-refractivity contribution in [2.45, 2.75) is 18.7 Å². The third kappa shape index (κ3) is 3.03. The minimum Gasteiger partial charge on any atom is -0.399 e. The number of nitrogens with zero attached hydrogens (tertiary/aromatic N) is 1. The van der Waals surface area contributed by atoms with E-state index in [2.05, 4.69) is 9.71 Å². The Hall–Kier alpha value is -2.08. The number of anilines is 2. The average molecular weight is 277 g/mol. The van der Waals surface area contributed by atoms with Crippen LogP contribution in [0.25, 0.3) is 0 Å². The van der Waals surface area contributed by atoms with Gasteiger partial charge in [0.1, 0.15) is 5.82 Å². The summed E-state index contributed by atoms with van der Waals surface area (Å²) in [6.07, 6.45) is 1.56. The number of hydrogen-bond donors (Lipinski definition) is 2. The van der Waals surface area contributed by atoms with Gasteiger partial charge in [0.2, 0.25) is 0 Å². The molecule has 6 heteroatoms. The van der Waals surface area contributed by atoms with E-state index in [-0.39, 0.29) is 4.90 Å². The number of sulfonamides is 1. The highest BCUT2D eigenvalue weighted by atomic mass is 32.2. The largest absolute Gasteiger partial charge is 0.399 e. The van der Waals surface area contributed by atoms with Crippen LogP contribution in [0.15, 0.2) is 41.4 Å². The molecular formula is C13H15N3O2S. The molecule has 0 atom stereocenters. The molecule has 19 heavy (non-hydrogen) atoms. The molecule has 0 saturated carbocycles. The van der Waals surface area contributed by atoms with E-state index in [9.17, 15) is 8.42 Å². The Labute approximate surface area is 112 Å². The van der Waals surface area contributed by atoms with Crippen LogP contribution in [0.5, 0.6) is 0 Å². The number of aryl methyl sites for hydroxylation is 2. The van der Waals surface area contributed by atoms with E-state index < -0.39 is 10.0 Å². The molecule has 0 spiro atoms. The van der Waals surface area contributed by atoms with E-state index in [4.69, 9.17) is 5.73 Å². The summed E-state index contributed by atoms with van der Waals surface area (Å²) in [5.41, 5.74) is 7.89. The van der Waals surface area contributed by atoms with Gasteiger partial charge in [-0.05, 0) is 55.3 Å². The molecule has 2 aromatic rings. The van der Waals surface area contributed by atoms with Crippen molar-refractivity contribution >= 4 is 21.5 Å². The lowest BCUT2D eigenvalue weighted by Crippen LogP contribution is -2.14. The maximum Gasteiger partial charge on any atom is 0.263 e. The Balaban J connectivity index is 2.35. The first-order valence-corrected chi connectivity index (χ1v) is 7.18. The zero-order valence-electron chi connectivity index (χ0n) is 10.7. The highest BCUT2D eigenvalue weighted by molar-refractivity contribution is 7.92. The Bertz CT molecular complexity index is 712. The molecule has 0 aliphatic rings. The molecule has 0 aliphatic heterocycles. The molecule has 3 N–H and O–H groups in total. The van der Waals surface area contributed by atoms with Crippen LogP contribution >= 0.6 is 0 Å². The smallest absolute Gasteiger partial charge is 0.263 e. The van der Waals surface area contributed by atoms with Gasteiger partial charge in [0, 0.05) is 11.9 Å². The first-order valence-electron chi connectivity index (χ1n) is 5.70. The number of aromatic nitrogens is 1. The molecule has 2 rings (SSSR count). The van der Waals surface area contributed by atoms with E-state index in [1.807, 2.05) is 6.92 Å². The summed E-state index contributed by atoms with van der Waals surface area (Å²) < 4.78 is 26.8. The Morgan fingerprint density at radius 3 is 2.53 bits per heavy atom. The van der Waals surface area contributed by atoms with E-state index >= 15 is 0 Å². The lowest BCUT2D eigenvalue weighted by Gasteiger charge is -2.09. The maximum absolute atomic E-state index is 12.2. The molecule has 0 amide bonds. The molecule has 5 nitrogen and oxygen atoms in total. The molecule has 0 radical (unpaired) electrons. The fraction of sp³-hybridized carbons (Fsp3) is 0.154. The van der Waals surface area contributed by atoms with Crippen LogP contribution in [0.4, 0.5) is 11.5 Å². The van der Waals surface area contributed by atoms with Crippen molar-refractivity contribution in [3.63, 3.8) is 0 Å². The molecule has 100 valence electrons. The molecule has 0 unspecified atom stereocenters. The summed E-state index contributed by atoms with van der Waals surface area (Å²) in [4.78, 5) is 4.14. The molecule has 1 aromatic heterocycles. The van der Waals surface area contributed by atoms with Gasteiger partial charge >= 0.3 is 0 Å². The van der Waals surface area contributed by atoms with Crippen molar-refractivity contribution in [2.24, 2.45) is 0 Å². The van der Waals surface area contributed by atoms with Crippen LogP contribution in [-0.2, 0) is 10.0 Å². The lowest BCUT2D eigenvalue weighted by molar-refractivity contribution is 0.601. The number of pyridine rings is 1. The van der Waals surface area contributed by atoms with Crippen molar-refractivity contribution < 1.29 is 8.42 Å². The maximum atomic E-state index is 12.2. The zero-order valence-corrected chi connectivity index (χ0v) is 11.5. The molecule has 0 fully saturated rings. The number of hydrogen-bond acceptors (Lipinski definition) is 4. The Morgan fingerprint density at radius 2 is 1.89 bits per heavy atom. The van der Waals surface area contributed by atoms with E-state index in [0.717, 1.165) is 11.1 Å². The van der Waals surface area contributed by atoms with Crippen LogP contribution in [-0.4, -0.2) is 13.4 Å². The van der Waals surface area contributed by atoms with Gasteiger partial charge in [0.15, 0.2) is 0 Å². The number of rotatable bonds is 3. The van der Waals surface area contributed by atoms with Crippen LogP contribution in [0.2, 0.25) is 0 Å². The quantitative estimate of drug-likeness (QED) is 0.841. The predicted molar refractivity (Wildman–Crippen MR) is 75.4 cm³/mol. The standard InChI is InChI=1S/C13H15N3O2S/c1-9-5-6-15-13(7-9)16-19(17,18)11-3-4-12(14)10(2)8-11/h3-8H,14H2,1-2H3,(H,15,16). The van der Waals surface area contributed by atoms with Gasteiger partial charge in [-0.25, -0.2) is 13.4 Å². The molecule has 0 bridgehead atoms. The van der Waals surface area contributed by atoms with Crippen molar-refractivity contribution in [3.8, 4) is 0 Å². The fourth-order valence-electron chi connectivity index (χ4n) is 1.60. The molecular weight excluding hydrogens is 262 g/mol. The van der Waals surface area contributed by atoms with Gasteiger partial charge in [0.25, 0.3) is 10.0 Å². The van der Waals surface area contributed by atoms with Crippen molar-refractivity contribution in [2.75, 3.05) is 10.5 Å². The highest BCUT2D eigenvalue weighted by Gasteiger charge is 2.15. The van der Waals surface area contributed by atoms with E-state index in [1.165, 1.54) is 12.1 Å². The SMILES string of the molecule is Cc1ccnc(NS(=O)(=O)c2ccc(N)c(C)c2)c1. The van der Waals surface area contributed by atoms with Gasteiger partial charge in [-0.15, -0.1) is 0 Å². The summed E-state index contributed by atoms with van der Waals surface area (Å²) in [5, 5.41) is 0. The monoisotopic (exact) mass is 277 g/mol. The second kappa shape index (κ2) is 4.89. The van der Waals surface area contributed by atoms with Crippen LogP contribution in [0.3, 0.4) is 0 Å². The first kappa shape index (κ1) is 13.4. The number of nitrogens with one attached hydrogen (secondary N) is 1. The normalized spacial score (nSPS) is 11.3. The number of nitrogen functional groups attached to an aromatic ring is 1. The number of benzene rings is 1. The third-order valence-electron chi connectivity index (χ3n) is 2.71. The summed E-state index contributed by atoms with van der Waals surface area (Å²) in [7, 11) is -3.64. The second-order valence-corrected chi connectivity index (χ2v) is 6.02. The predicted octanol–water partition coefficient (Wildman–Crippen LogP) is 2.08. The van der Waals surface area contributed by atoms with Crippen molar-refractivity contribution in [1.82, 2.24) is 4.98 Å². The summed E-state index contributed by atoms with van der Waals surface area (Å²) >= 11 is 0. The summed E-state index contributed by atoms with van der Waals surface area (Å²) in [5.74, 6) is 0.300. The molecule has 0 aliphatic carbocycles. The lowest BCUT2D eigenvalue weighted by atomic mass is 10.2. The number of nitrogens with two attached hydrogens (primary N) is 1. The molecule has 0 saturated heterocycles. The van der Waals surface area contributed by atoms with Crippen LogP contribution in [0.1, 0.15) is 11.1 Å². The van der Waals surface area contributed by atoms with E-state index in [1.54, 1.807) is 31.3 Å². The van der Waals surface area contributed by atoms with Crippen molar-refractivity contribution in [3.05, 3.63) is 47.7 Å². The Kier molecular flexibility index (Phi) is 3.44. The van der Waals surface area contributed by atoms with Gasteiger partial charge < -0.3 is 5.73 Å². The Morgan fingerprint density at radius 1 is 1.16 bits per heavy atom. The minimum absolute atomic E-state index is 0.169. The van der Waals surface area contributed by atoms with Crippen molar-refractivity contribution in [1.29, 1.82) is 0 Å². The van der Waals surface area contributed by atoms with Crippen LogP contribution in [0, 0.1) is 13.8 Å². The summed E-state index contributed by atoms with van der Waals surface area (Å²) in [6, 6.07) is 8.05. The van der Waals surface area contributed by atoms with Gasteiger partial charge in [0.05, 0.1) is 4.90 Å². The fourth-order valence-corrected chi connectivity index (χ4v) is 2.69. The molecule has 1 heterocycles. The second-order valence-electron chi connectivity index (χ2n) is 4.34. The van der Waals surface area contributed by atoms with Gasteiger partial charge in [-0.3, -0.25) is 4.72 Å². The topological polar surface area (TPSA) is 85.1 Å². The van der Waals surface area contributed by atoms with E-state index in [0.29, 0.717) is 11.5 Å². The summed E-state index contributed by atoms with van der Waals surface area (Å²) in [6.45, 7) is 3.63. The zero-order chi connectivity index (χ0) is 14.0. The van der Waals surface area contributed by atoms with Gasteiger partial charge in [-0.1, -0.05) is 0 Å². The highest BCUT2D eigenvalue weighted by Crippen LogP contribution is 2.19. The van der Waals surface area contributed by atoms with Crippen LogP contribution < -0.4 is 10.5 Å². The average Bonchev–Trinajstić information content (AvgIpc) is 2.32. The molecule has 1 aromatic carbocycles. The van der Waals surface area contributed by atoms with Gasteiger partial charge in [-0.2, -0.15) is 0 Å². The minimum atomic E-state index is -3.64. The third-order valence-corrected chi connectivity index (χ3v) is 4.06.